The lowest BCUT2D eigenvalue weighted by Crippen LogP contribution is -2.03. The molecule has 0 saturated heterocycles. The van der Waals surface area contributed by atoms with Gasteiger partial charge >= 0.3 is 0 Å². The van der Waals surface area contributed by atoms with Crippen molar-refractivity contribution in [1.29, 1.82) is 0 Å². The van der Waals surface area contributed by atoms with E-state index in [2.05, 4.69) is 9.97 Å². The van der Waals surface area contributed by atoms with Gasteiger partial charge in [-0.3, -0.25) is 10.1 Å². The molecule has 0 amide bonds. The number of pyridine rings is 1. The van der Waals surface area contributed by atoms with Crippen molar-refractivity contribution in [3.05, 3.63) is 39.8 Å². The van der Waals surface area contributed by atoms with Gasteiger partial charge in [0.1, 0.15) is 5.15 Å². The average molecular weight is 267 g/mol. The van der Waals surface area contributed by atoms with E-state index < -0.39 is 4.92 Å². The number of nitro groups is 1. The minimum Gasteiger partial charge on any atom is -0.329 e. The number of hydrogen-bond acceptors (Lipinski definition) is 4. The van der Waals surface area contributed by atoms with Crippen molar-refractivity contribution in [2.75, 3.05) is 0 Å². The van der Waals surface area contributed by atoms with Crippen LogP contribution in [0.5, 0.6) is 0 Å². The van der Waals surface area contributed by atoms with Crippen LogP contribution in [-0.4, -0.2) is 19.5 Å². The van der Waals surface area contributed by atoms with Crippen molar-refractivity contribution in [3.8, 4) is 11.5 Å². The van der Waals surface area contributed by atoms with Gasteiger partial charge in [0.2, 0.25) is 0 Å². The van der Waals surface area contributed by atoms with Gasteiger partial charge in [-0.25, -0.2) is 9.97 Å². The normalized spacial score (nSPS) is 10.6. The Morgan fingerprint density at radius 3 is 2.94 bits per heavy atom. The molecule has 0 aliphatic carbocycles. The summed E-state index contributed by atoms with van der Waals surface area (Å²) >= 11 is 5.80. The highest BCUT2D eigenvalue weighted by Crippen LogP contribution is 2.28. The second-order valence-electron chi connectivity index (χ2n) is 3.70. The van der Waals surface area contributed by atoms with Gasteiger partial charge in [-0.15, -0.1) is 0 Å². The number of hydrogen-bond donors (Lipinski definition) is 0. The van der Waals surface area contributed by atoms with Crippen molar-refractivity contribution < 1.29 is 4.92 Å². The Balaban J connectivity index is 2.58. The Morgan fingerprint density at radius 2 is 2.28 bits per heavy atom. The molecule has 0 atom stereocenters. The molecule has 2 heterocycles. The molecule has 0 bridgehead atoms. The maximum absolute atomic E-state index is 11.0. The summed E-state index contributed by atoms with van der Waals surface area (Å²) in [5.41, 5.74) is 0.105. The molecule has 0 aliphatic rings. The third-order valence-electron chi connectivity index (χ3n) is 2.43. The van der Waals surface area contributed by atoms with Gasteiger partial charge in [-0.1, -0.05) is 18.5 Å². The van der Waals surface area contributed by atoms with E-state index in [9.17, 15) is 10.1 Å². The molecule has 0 N–H and O–H groups in total. The van der Waals surface area contributed by atoms with E-state index in [0.29, 0.717) is 5.82 Å². The highest BCUT2D eigenvalue weighted by atomic mass is 35.5. The first-order chi connectivity index (χ1) is 8.63. The van der Waals surface area contributed by atoms with E-state index in [1.54, 1.807) is 12.4 Å². The van der Waals surface area contributed by atoms with Gasteiger partial charge in [0, 0.05) is 25.0 Å². The number of rotatable bonds is 4. The Bertz CT molecular complexity index is 582. The first kappa shape index (κ1) is 12.5. The molecule has 2 aromatic heterocycles. The molecule has 0 saturated carbocycles. The summed E-state index contributed by atoms with van der Waals surface area (Å²) in [7, 11) is 0. The quantitative estimate of drug-likeness (QED) is 0.484. The van der Waals surface area contributed by atoms with Crippen LogP contribution in [0.2, 0.25) is 5.15 Å². The Hall–Kier alpha value is -1.95. The molecule has 0 spiro atoms. The first-order valence-corrected chi connectivity index (χ1v) is 5.83. The van der Waals surface area contributed by atoms with Gasteiger partial charge in [0.05, 0.1) is 4.92 Å². The van der Waals surface area contributed by atoms with Crippen LogP contribution in [0.15, 0.2) is 24.5 Å². The third kappa shape index (κ3) is 2.33. The molecule has 0 unspecified atom stereocenters. The second-order valence-corrected chi connectivity index (χ2v) is 4.09. The summed E-state index contributed by atoms with van der Waals surface area (Å²) in [5, 5.41) is 11.2. The Morgan fingerprint density at radius 1 is 1.50 bits per heavy atom. The SMILES string of the molecule is CCCn1ccnc1-c1nc(Cl)ccc1[N+](=O)[O-]. The molecule has 6 nitrogen and oxygen atoms in total. The predicted octanol–water partition coefficient (Wildman–Crippen LogP) is 2.92. The third-order valence-corrected chi connectivity index (χ3v) is 2.64. The molecule has 0 aromatic carbocycles. The van der Waals surface area contributed by atoms with E-state index >= 15 is 0 Å². The number of halogens is 1. The molecular formula is C11H11ClN4O2. The summed E-state index contributed by atoms with van der Waals surface area (Å²) in [4.78, 5) is 18.6. The second kappa shape index (κ2) is 5.14. The lowest BCUT2D eigenvalue weighted by atomic mass is 10.3. The van der Waals surface area contributed by atoms with Crippen molar-refractivity contribution in [1.82, 2.24) is 14.5 Å². The number of aromatic nitrogens is 3. The van der Waals surface area contributed by atoms with Crippen molar-refractivity contribution >= 4 is 17.3 Å². The fraction of sp³-hybridized carbons (Fsp3) is 0.273. The van der Waals surface area contributed by atoms with Gasteiger partial charge < -0.3 is 4.57 Å². The van der Waals surface area contributed by atoms with Crippen molar-refractivity contribution in [2.45, 2.75) is 19.9 Å². The van der Waals surface area contributed by atoms with Crippen LogP contribution < -0.4 is 0 Å². The maximum atomic E-state index is 11.0. The zero-order chi connectivity index (χ0) is 13.1. The fourth-order valence-electron chi connectivity index (χ4n) is 1.69. The number of aryl methyl sites for hydroxylation is 1. The molecule has 0 radical (unpaired) electrons. The summed E-state index contributed by atoms with van der Waals surface area (Å²) in [5.74, 6) is 0.464. The van der Waals surface area contributed by atoms with Crippen LogP contribution in [0.1, 0.15) is 13.3 Å². The lowest BCUT2D eigenvalue weighted by molar-refractivity contribution is -0.384. The van der Waals surface area contributed by atoms with Crippen LogP contribution in [0.3, 0.4) is 0 Å². The molecule has 2 rings (SSSR count). The van der Waals surface area contributed by atoms with Gasteiger partial charge in [0.25, 0.3) is 5.69 Å². The largest absolute Gasteiger partial charge is 0.329 e. The Labute approximate surface area is 108 Å². The highest BCUT2D eigenvalue weighted by molar-refractivity contribution is 6.29. The van der Waals surface area contributed by atoms with Crippen molar-refractivity contribution in [3.63, 3.8) is 0 Å². The van der Waals surface area contributed by atoms with Gasteiger partial charge in [-0.05, 0) is 12.5 Å². The van der Waals surface area contributed by atoms with E-state index in [1.807, 2.05) is 11.5 Å². The van der Waals surface area contributed by atoms with Gasteiger partial charge in [-0.2, -0.15) is 0 Å². The lowest BCUT2D eigenvalue weighted by Gasteiger charge is -2.06. The van der Waals surface area contributed by atoms with E-state index in [0.717, 1.165) is 13.0 Å². The van der Waals surface area contributed by atoms with Crippen LogP contribution >= 0.6 is 11.6 Å². The summed E-state index contributed by atoms with van der Waals surface area (Å²) < 4.78 is 1.83. The van der Waals surface area contributed by atoms with Crippen LogP contribution in [0.4, 0.5) is 5.69 Å². The minimum absolute atomic E-state index is 0.0945. The summed E-state index contributed by atoms with van der Waals surface area (Å²) in [6.45, 7) is 2.74. The molecule has 94 valence electrons. The van der Waals surface area contributed by atoms with E-state index in [4.69, 9.17) is 11.6 Å². The van der Waals surface area contributed by atoms with E-state index in [1.165, 1.54) is 12.1 Å². The van der Waals surface area contributed by atoms with Crippen LogP contribution in [0.25, 0.3) is 11.5 Å². The fourth-order valence-corrected chi connectivity index (χ4v) is 1.84. The molecule has 18 heavy (non-hydrogen) atoms. The number of nitrogens with zero attached hydrogens (tertiary/aromatic N) is 4. The molecule has 0 fully saturated rings. The number of imidazole rings is 1. The smallest absolute Gasteiger partial charge is 0.298 e. The standard InChI is InChI=1S/C11H11ClN4O2/c1-2-6-15-7-5-13-11(15)10-8(16(17)18)3-4-9(12)14-10/h3-5,7H,2,6H2,1H3. The zero-order valence-corrected chi connectivity index (χ0v) is 10.5. The van der Waals surface area contributed by atoms with Crippen molar-refractivity contribution in [2.24, 2.45) is 0 Å². The first-order valence-electron chi connectivity index (χ1n) is 5.46. The topological polar surface area (TPSA) is 73.8 Å². The predicted molar refractivity (Wildman–Crippen MR) is 67.4 cm³/mol. The Kier molecular flexibility index (Phi) is 3.57. The highest BCUT2D eigenvalue weighted by Gasteiger charge is 2.21. The summed E-state index contributed by atoms with van der Waals surface area (Å²) in [6.07, 6.45) is 4.26. The minimum atomic E-state index is -0.483. The van der Waals surface area contributed by atoms with Crippen LogP contribution in [-0.2, 0) is 6.54 Å². The zero-order valence-electron chi connectivity index (χ0n) is 9.71. The van der Waals surface area contributed by atoms with Crippen LogP contribution in [0, 0.1) is 10.1 Å². The molecule has 7 heteroatoms. The molecule has 2 aromatic rings. The monoisotopic (exact) mass is 266 g/mol. The van der Waals surface area contributed by atoms with Gasteiger partial charge in [0.15, 0.2) is 11.5 Å². The maximum Gasteiger partial charge on any atom is 0.298 e. The average Bonchev–Trinajstić information content (AvgIpc) is 2.77. The molecule has 0 aliphatic heterocycles. The summed E-state index contributed by atoms with van der Waals surface area (Å²) in [6, 6.07) is 2.74. The molecular weight excluding hydrogens is 256 g/mol. The van der Waals surface area contributed by atoms with E-state index in [-0.39, 0.29) is 16.5 Å².